The smallest absolute Gasteiger partial charge is 0.0142 e. The Bertz CT molecular complexity index is 3320. The van der Waals surface area contributed by atoms with E-state index in [1.54, 1.807) is 5.57 Å². The van der Waals surface area contributed by atoms with E-state index < -0.39 is 0 Å². The van der Waals surface area contributed by atoms with Gasteiger partial charge in [0.1, 0.15) is 0 Å². The Hall–Kier alpha value is -7.80. The van der Waals surface area contributed by atoms with Crippen molar-refractivity contribution >= 4 is 0 Å². The molecule has 0 aromatic carbocycles. The Kier molecular flexibility index (Phi) is 131. The maximum Gasteiger partial charge on any atom is -0.0142 e. The molecule has 0 aliphatic rings. The van der Waals surface area contributed by atoms with Crippen LogP contribution in [-0.4, -0.2) is 0 Å². The average molecular weight is 1780 g/mol. The summed E-state index contributed by atoms with van der Waals surface area (Å²) in [5.41, 5.74) is 28.2. The van der Waals surface area contributed by atoms with Crippen molar-refractivity contribution < 1.29 is 0 Å². The van der Waals surface area contributed by atoms with Crippen LogP contribution in [0.2, 0.25) is 0 Å². The molecule has 0 amide bonds. The summed E-state index contributed by atoms with van der Waals surface area (Å²) in [5, 5.41) is 0. The highest BCUT2D eigenvalue weighted by molar-refractivity contribution is 5.15. The van der Waals surface area contributed by atoms with Gasteiger partial charge in [-0.2, -0.15) is 0 Å². The fourth-order valence-electron chi connectivity index (χ4n) is 12.7. The molecule has 0 bridgehead atoms. The molecule has 0 N–H and O–H groups in total. The van der Waals surface area contributed by atoms with E-state index in [1.165, 1.54) is 280 Å². The minimum atomic E-state index is 1.03. The summed E-state index contributed by atoms with van der Waals surface area (Å²) in [5.74, 6) is 0. The van der Waals surface area contributed by atoms with E-state index in [2.05, 4.69) is 394 Å². The lowest BCUT2D eigenvalue weighted by Gasteiger charge is -2.06. The molecule has 0 atom stereocenters. The first-order valence-corrected chi connectivity index (χ1v) is 51.2. The van der Waals surface area contributed by atoms with Crippen molar-refractivity contribution in [3.63, 3.8) is 0 Å². The van der Waals surface area contributed by atoms with Gasteiger partial charge in [0.2, 0.25) is 0 Å². The lowest BCUT2D eigenvalue weighted by atomic mass is 10.0. The summed E-state index contributed by atoms with van der Waals surface area (Å²) in [7, 11) is 0. The Morgan fingerprint density at radius 2 is 0.408 bits per heavy atom. The van der Waals surface area contributed by atoms with Gasteiger partial charge in [0.05, 0.1) is 0 Å². The van der Waals surface area contributed by atoms with E-state index in [-0.39, 0.29) is 0 Å². The van der Waals surface area contributed by atoms with Crippen molar-refractivity contribution in [3.8, 4) is 0 Å². The predicted molar refractivity (Wildman–Crippen MR) is 619 cm³/mol. The molecule has 0 aromatic rings. The predicted octanol–water partition coefficient (Wildman–Crippen LogP) is 46.5. The van der Waals surface area contributed by atoms with Crippen LogP contribution in [0.4, 0.5) is 0 Å². The molecule has 0 rings (SSSR count). The highest BCUT2D eigenvalue weighted by Crippen LogP contribution is 2.22. The summed E-state index contributed by atoms with van der Waals surface area (Å²) in [6.45, 7) is 99.8. The van der Waals surface area contributed by atoms with Crippen LogP contribution in [0.3, 0.4) is 0 Å². The molecule has 0 aliphatic heterocycles. The van der Waals surface area contributed by atoms with Crippen molar-refractivity contribution in [2.45, 2.75) is 464 Å². The van der Waals surface area contributed by atoms with Gasteiger partial charge in [-0.05, 0) is 430 Å². The molecule has 0 radical (unpaired) electrons. The monoisotopic (exact) mass is 1780 g/mol. The zero-order valence-electron chi connectivity index (χ0n) is 92.5. The first kappa shape index (κ1) is 143. The molecule has 0 nitrogen and oxygen atoms in total. The van der Waals surface area contributed by atoms with Gasteiger partial charge in [-0.1, -0.05) is 328 Å². The van der Waals surface area contributed by atoms with Gasteiger partial charge in [0.15, 0.2) is 0 Å². The molecule has 0 saturated heterocycles. The summed E-state index contributed by atoms with van der Waals surface area (Å²) < 4.78 is 0. The normalized spacial score (nSPS) is 11.8. The van der Waals surface area contributed by atoms with Gasteiger partial charge in [-0.25, -0.2) is 0 Å². The summed E-state index contributed by atoms with van der Waals surface area (Å²) in [6, 6.07) is 0. The van der Waals surface area contributed by atoms with E-state index in [0.717, 1.165) is 83.5 Å². The molecule has 0 saturated carbocycles. The maximum atomic E-state index is 3.78. The fraction of sp³-hybridized carbons (Fsp3) is 0.538. The van der Waals surface area contributed by atoms with Gasteiger partial charge in [-0.3, -0.25) is 0 Å². The summed E-state index contributed by atoms with van der Waals surface area (Å²) in [6.07, 6.45) is 115. The van der Waals surface area contributed by atoms with E-state index >= 15 is 0 Å². The summed E-state index contributed by atoms with van der Waals surface area (Å²) >= 11 is 0. The molecule has 0 unspecified atom stereocenters. The zero-order chi connectivity index (χ0) is 101. The second kappa shape index (κ2) is 119. The minimum absolute atomic E-state index is 1.03. The first-order valence-electron chi connectivity index (χ1n) is 51.2. The van der Waals surface area contributed by atoms with Crippen LogP contribution in [0.5, 0.6) is 0 Å². The van der Waals surface area contributed by atoms with Crippen molar-refractivity contribution in [1.82, 2.24) is 0 Å². The average Bonchev–Trinajstić information content (AvgIpc) is 1.11. The topological polar surface area (TPSA) is 0 Å². The lowest BCUT2D eigenvalue weighted by Crippen LogP contribution is -1.86. The molecule has 0 heteroatoms. The Labute approximate surface area is 818 Å². The van der Waals surface area contributed by atoms with Crippen LogP contribution in [0.15, 0.2) is 360 Å². The number of unbranched alkanes of at least 4 members (excludes halogenated alkanes) is 6. The Morgan fingerprint density at radius 1 is 0.192 bits per heavy atom. The number of allylic oxidation sites excluding steroid dienone is 50. The van der Waals surface area contributed by atoms with Gasteiger partial charge >= 0.3 is 0 Å². The molecule has 0 aromatic heterocycles. The van der Waals surface area contributed by atoms with Crippen molar-refractivity contribution in [3.05, 3.63) is 360 Å². The number of hydrogen-bond donors (Lipinski definition) is 0. The van der Waals surface area contributed by atoms with Crippen LogP contribution >= 0.6 is 0 Å². The SMILES string of the molecule is C=CC/C(=C/C)CC/C=C(\C)CC.C=CC/C(=C/C)CC/C=C(\C)CCC.C=CC/C(=C/C)CC/C=C/CCC.C=CC/C(=C/C)CC/C=C\C.C=CC/C(=C/C)CCC=C(C)C.C=CC/C(=C/C)CCC=C(C)C.C=CC/C(=C/C)CCCC=C(C)C.C=CC/C(=C/C)CCCC=C(C)C.C=CC/C(=C/C)CCCCC(C)=C(C)C.C=CC/C(=C/C)CCCCC=C(C)C. The lowest BCUT2D eigenvalue weighted by molar-refractivity contribution is 0.714. The largest absolute Gasteiger partial charge is 0.103 e. The second-order valence-electron chi connectivity index (χ2n) is 35.1. The zero-order valence-corrected chi connectivity index (χ0v) is 92.5. The third-order valence-electron chi connectivity index (χ3n) is 21.6. The van der Waals surface area contributed by atoms with E-state index in [9.17, 15) is 0 Å². The molecule has 0 fully saturated rings. The highest BCUT2D eigenvalue weighted by Gasteiger charge is 2.02. The molecule has 0 aliphatic carbocycles. The fourth-order valence-corrected chi connectivity index (χ4v) is 12.7. The second-order valence-corrected chi connectivity index (χ2v) is 35.1. The molecular formula is C130H220. The van der Waals surface area contributed by atoms with Crippen molar-refractivity contribution in [2.24, 2.45) is 0 Å². The third-order valence-corrected chi connectivity index (χ3v) is 21.6. The van der Waals surface area contributed by atoms with E-state index in [4.69, 9.17) is 0 Å². The van der Waals surface area contributed by atoms with Crippen LogP contribution in [0.1, 0.15) is 464 Å². The molecule has 740 valence electrons. The molecular weight excluding hydrogens is 1560 g/mol. The van der Waals surface area contributed by atoms with Gasteiger partial charge in [-0.15, -0.1) is 65.8 Å². The van der Waals surface area contributed by atoms with Crippen molar-refractivity contribution in [1.29, 1.82) is 0 Å². The maximum absolute atomic E-state index is 3.78. The number of hydrogen-bond acceptors (Lipinski definition) is 0. The van der Waals surface area contributed by atoms with Crippen molar-refractivity contribution in [2.75, 3.05) is 0 Å². The molecule has 130 heavy (non-hydrogen) atoms. The van der Waals surface area contributed by atoms with Gasteiger partial charge in [0, 0.05) is 0 Å². The quantitative estimate of drug-likeness (QED) is 0.0421. The van der Waals surface area contributed by atoms with E-state index in [1.807, 2.05) is 60.8 Å². The minimum Gasteiger partial charge on any atom is -0.103 e. The van der Waals surface area contributed by atoms with Crippen LogP contribution < -0.4 is 0 Å². The Morgan fingerprint density at radius 3 is 0.646 bits per heavy atom. The first-order chi connectivity index (χ1) is 62.3. The van der Waals surface area contributed by atoms with E-state index in [0.29, 0.717) is 0 Å². The molecule has 0 spiro atoms. The van der Waals surface area contributed by atoms with Crippen LogP contribution in [0, 0.1) is 0 Å². The Balaban J connectivity index is -0.000000154. The number of rotatable bonds is 61. The van der Waals surface area contributed by atoms with Crippen LogP contribution in [0.25, 0.3) is 0 Å². The summed E-state index contributed by atoms with van der Waals surface area (Å²) in [4.78, 5) is 0. The van der Waals surface area contributed by atoms with Crippen LogP contribution in [-0.2, 0) is 0 Å². The van der Waals surface area contributed by atoms with Gasteiger partial charge in [0.25, 0.3) is 0 Å². The van der Waals surface area contributed by atoms with Gasteiger partial charge < -0.3 is 0 Å². The highest BCUT2D eigenvalue weighted by atomic mass is 14.1. The standard InChI is InChI=1S/C15H26.2C14H24.4C13H22.2C12H20.C11H18/c1-6-10-15(7-2)12-9-8-11-14(5)13(3)4;1-5-10-14(6-2)12-9-7-8-11-13(3)4;1-5-9-13(4)11-8-12-14(7-3)10-6-2;2*1-5-9-13(6-2)11-8-7-10-12(3)4;1-5-9-13(7-3)11-8-10-12(4)6-2;1-4-7-8-9-10-12-13(6-3)11-5-2;2*1-5-8-12(6-2)10-7-9-11(3)4;1-4-7-8-10-11(6-3)9-5-2/h6-7H,1,8-12H2,2-5H3;5-6,11H,1,7-10,12H2,2-4H3;6-7,11H,2,5,8-10,12H2,1,3-4H3;2*5-6,10H,1,7-9,11H2,2-4H3;5,7,10H,1,6,8-9,11H2,2-4H3;5-6,8-9H,2,4,7,10-12H2,1,3H3;2*5-6,9H,1,7-8,10H2,2-4H3;4-7H,2,8-10H2,1,3H3/b15-7-;14-6-;13-11+,14-7-;2*13-6-;12-10+,13-7-;9-8+,13-6-;2*12-6-;7-4-,11-6-. The molecule has 0 heterocycles. The third kappa shape index (κ3) is 126.